The lowest BCUT2D eigenvalue weighted by molar-refractivity contribution is 0.526. The average Bonchev–Trinajstić information content (AvgIpc) is 2.80. The van der Waals surface area contributed by atoms with Gasteiger partial charge in [0.15, 0.2) is 0 Å². The van der Waals surface area contributed by atoms with Crippen LogP contribution >= 0.6 is 0 Å². The number of aromatic nitrogens is 2. The van der Waals surface area contributed by atoms with Crippen LogP contribution in [0.3, 0.4) is 0 Å². The van der Waals surface area contributed by atoms with E-state index < -0.39 is 0 Å². The molecule has 2 heterocycles. The van der Waals surface area contributed by atoms with Gasteiger partial charge in [-0.2, -0.15) is 5.10 Å². The molecule has 15 heavy (non-hydrogen) atoms. The summed E-state index contributed by atoms with van der Waals surface area (Å²) in [6.07, 6.45) is 3.76. The number of aryl methyl sites for hydroxylation is 2. The first kappa shape index (κ1) is 10.7. The molecule has 0 saturated carbocycles. The average molecular weight is 207 g/mol. The molecule has 1 atom stereocenters. The van der Waals surface area contributed by atoms with Crippen LogP contribution in [0.5, 0.6) is 0 Å². The summed E-state index contributed by atoms with van der Waals surface area (Å²) in [4.78, 5) is 0. The summed E-state index contributed by atoms with van der Waals surface area (Å²) in [7, 11) is 2.03. The van der Waals surface area contributed by atoms with E-state index in [1.807, 2.05) is 11.7 Å². The summed E-state index contributed by atoms with van der Waals surface area (Å²) in [6, 6.07) is 0. The predicted octanol–water partition coefficient (Wildman–Crippen LogP) is 1.58. The number of hydrogen-bond acceptors (Lipinski definition) is 2. The van der Waals surface area contributed by atoms with Crippen LogP contribution in [0.1, 0.15) is 29.8 Å². The molecule has 0 bridgehead atoms. The molecule has 3 heteroatoms. The Morgan fingerprint density at radius 3 is 2.80 bits per heavy atom. The number of nitrogens with one attached hydrogen (secondary N) is 1. The highest BCUT2D eigenvalue weighted by Gasteiger charge is 2.16. The van der Waals surface area contributed by atoms with Gasteiger partial charge in [0.2, 0.25) is 0 Å². The van der Waals surface area contributed by atoms with Gasteiger partial charge < -0.3 is 5.32 Å². The summed E-state index contributed by atoms with van der Waals surface area (Å²) in [5.74, 6) is 0.867. The Bertz CT molecular complexity index is 335. The van der Waals surface area contributed by atoms with Crippen molar-refractivity contribution in [2.24, 2.45) is 13.0 Å². The first-order chi connectivity index (χ1) is 7.18. The monoisotopic (exact) mass is 207 g/mol. The molecule has 0 aliphatic carbocycles. The Labute approximate surface area is 91.9 Å². The molecule has 1 saturated heterocycles. The Balaban J connectivity index is 1.95. The second-order valence-electron chi connectivity index (χ2n) is 4.68. The molecule has 0 amide bonds. The molecule has 1 fully saturated rings. The van der Waals surface area contributed by atoms with Crippen molar-refractivity contribution in [3.63, 3.8) is 0 Å². The van der Waals surface area contributed by atoms with Crippen molar-refractivity contribution in [1.29, 1.82) is 0 Å². The predicted molar refractivity (Wildman–Crippen MR) is 62.0 cm³/mol. The van der Waals surface area contributed by atoms with Gasteiger partial charge in [0.05, 0.1) is 5.69 Å². The quantitative estimate of drug-likeness (QED) is 0.815. The van der Waals surface area contributed by atoms with Gasteiger partial charge in [-0.1, -0.05) is 0 Å². The largest absolute Gasteiger partial charge is 0.316 e. The molecule has 1 N–H and O–H groups in total. The maximum absolute atomic E-state index is 4.57. The Kier molecular flexibility index (Phi) is 3.10. The fourth-order valence-electron chi connectivity index (χ4n) is 2.32. The SMILES string of the molecule is Cc1c(CCC2CCNC2)nn(C)c1C. The standard InChI is InChI=1S/C12H21N3/c1-9-10(2)15(3)14-12(9)5-4-11-6-7-13-8-11/h11,13H,4-8H2,1-3H3. The summed E-state index contributed by atoms with van der Waals surface area (Å²) >= 11 is 0. The zero-order valence-electron chi connectivity index (χ0n) is 10.0. The van der Waals surface area contributed by atoms with Crippen LogP contribution in [0.25, 0.3) is 0 Å². The Morgan fingerprint density at radius 1 is 1.47 bits per heavy atom. The molecule has 84 valence electrons. The number of rotatable bonds is 3. The fourth-order valence-corrected chi connectivity index (χ4v) is 2.32. The molecule has 1 aliphatic heterocycles. The molecular weight excluding hydrogens is 186 g/mol. The molecule has 2 rings (SSSR count). The van der Waals surface area contributed by atoms with E-state index in [-0.39, 0.29) is 0 Å². The van der Waals surface area contributed by atoms with Gasteiger partial charge in [0.1, 0.15) is 0 Å². The van der Waals surface area contributed by atoms with Crippen molar-refractivity contribution in [2.45, 2.75) is 33.1 Å². The van der Waals surface area contributed by atoms with Crippen LogP contribution in [-0.4, -0.2) is 22.9 Å². The molecule has 3 nitrogen and oxygen atoms in total. The highest BCUT2D eigenvalue weighted by atomic mass is 15.3. The van der Waals surface area contributed by atoms with Crippen molar-refractivity contribution in [3.8, 4) is 0 Å². The van der Waals surface area contributed by atoms with Crippen molar-refractivity contribution in [1.82, 2.24) is 15.1 Å². The lowest BCUT2D eigenvalue weighted by atomic mass is 10.00. The van der Waals surface area contributed by atoms with Crippen LogP contribution in [0.4, 0.5) is 0 Å². The molecule has 1 unspecified atom stereocenters. The normalized spacial score (nSPS) is 21.1. The van der Waals surface area contributed by atoms with E-state index in [0.29, 0.717) is 0 Å². The zero-order chi connectivity index (χ0) is 10.8. The van der Waals surface area contributed by atoms with Crippen LogP contribution < -0.4 is 5.32 Å². The van der Waals surface area contributed by atoms with Crippen LogP contribution in [0.15, 0.2) is 0 Å². The summed E-state index contributed by atoms with van der Waals surface area (Å²) in [6.45, 7) is 6.73. The van der Waals surface area contributed by atoms with E-state index in [9.17, 15) is 0 Å². The van der Waals surface area contributed by atoms with Crippen LogP contribution in [0.2, 0.25) is 0 Å². The van der Waals surface area contributed by atoms with Crippen molar-refractivity contribution in [2.75, 3.05) is 13.1 Å². The highest BCUT2D eigenvalue weighted by molar-refractivity contribution is 5.23. The molecule has 0 aromatic carbocycles. The first-order valence-electron chi connectivity index (χ1n) is 5.88. The molecule has 1 aromatic heterocycles. The second-order valence-corrected chi connectivity index (χ2v) is 4.68. The lowest BCUT2D eigenvalue weighted by Gasteiger charge is -2.06. The van der Waals surface area contributed by atoms with Gasteiger partial charge in [0.25, 0.3) is 0 Å². The summed E-state index contributed by atoms with van der Waals surface area (Å²) < 4.78 is 2.00. The molecule has 0 spiro atoms. The van der Waals surface area contributed by atoms with Gasteiger partial charge in [-0.25, -0.2) is 0 Å². The Morgan fingerprint density at radius 2 is 2.27 bits per heavy atom. The van der Waals surface area contributed by atoms with E-state index >= 15 is 0 Å². The van der Waals surface area contributed by atoms with Gasteiger partial charge >= 0.3 is 0 Å². The third-order valence-corrected chi connectivity index (χ3v) is 3.68. The minimum Gasteiger partial charge on any atom is -0.316 e. The smallest absolute Gasteiger partial charge is 0.0656 e. The fraction of sp³-hybridized carbons (Fsp3) is 0.750. The van der Waals surface area contributed by atoms with E-state index in [2.05, 4.69) is 24.3 Å². The van der Waals surface area contributed by atoms with Gasteiger partial charge in [-0.15, -0.1) is 0 Å². The third kappa shape index (κ3) is 2.23. The highest BCUT2D eigenvalue weighted by Crippen LogP contribution is 2.18. The summed E-state index contributed by atoms with van der Waals surface area (Å²) in [5.41, 5.74) is 3.97. The van der Waals surface area contributed by atoms with E-state index in [4.69, 9.17) is 0 Å². The molecule has 1 aromatic rings. The van der Waals surface area contributed by atoms with Crippen LogP contribution in [0, 0.1) is 19.8 Å². The topological polar surface area (TPSA) is 29.9 Å². The zero-order valence-corrected chi connectivity index (χ0v) is 10.0. The maximum Gasteiger partial charge on any atom is 0.0656 e. The maximum atomic E-state index is 4.57. The summed E-state index contributed by atoms with van der Waals surface area (Å²) in [5, 5.41) is 7.98. The number of nitrogens with zero attached hydrogens (tertiary/aromatic N) is 2. The third-order valence-electron chi connectivity index (χ3n) is 3.68. The van der Waals surface area contributed by atoms with E-state index in [1.165, 1.54) is 42.9 Å². The number of hydrogen-bond donors (Lipinski definition) is 1. The molecule has 1 aliphatic rings. The van der Waals surface area contributed by atoms with Crippen molar-refractivity contribution < 1.29 is 0 Å². The molecule has 0 radical (unpaired) electrons. The van der Waals surface area contributed by atoms with Crippen molar-refractivity contribution in [3.05, 3.63) is 17.0 Å². The minimum absolute atomic E-state index is 0.867. The first-order valence-corrected chi connectivity index (χ1v) is 5.88. The van der Waals surface area contributed by atoms with Gasteiger partial charge in [-0.3, -0.25) is 4.68 Å². The van der Waals surface area contributed by atoms with E-state index in [1.54, 1.807) is 0 Å². The Hall–Kier alpha value is -0.830. The lowest BCUT2D eigenvalue weighted by Crippen LogP contribution is -2.09. The van der Waals surface area contributed by atoms with E-state index in [0.717, 1.165) is 12.3 Å². The van der Waals surface area contributed by atoms with Crippen molar-refractivity contribution >= 4 is 0 Å². The second kappa shape index (κ2) is 4.35. The minimum atomic E-state index is 0.867. The van der Waals surface area contributed by atoms with Gasteiger partial charge in [-0.05, 0) is 57.7 Å². The van der Waals surface area contributed by atoms with Crippen LogP contribution in [-0.2, 0) is 13.5 Å². The molecular formula is C12H21N3. The van der Waals surface area contributed by atoms with Gasteiger partial charge in [0, 0.05) is 12.7 Å².